The van der Waals surface area contributed by atoms with Gasteiger partial charge in [0.2, 0.25) is 0 Å². The van der Waals surface area contributed by atoms with Gasteiger partial charge in [0.15, 0.2) is 0 Å². The number of hydrogen-bond acceptors (Lipinski definition) is 1. The Morgan fingerprint density at radius 2 is 1.89 bits per heavy atom. The predicted octanol–water partition coefficient (Wildman–Crippen LogP) is 4.24. The zero-order chi connectivity index (χ0) is 13.5. The van der Waals surface area contributed by atoms with Crippen molar-refractivity contribution in [2.45, 2.75) is 64.0 Å². The molecule has 1 aromatic rings. The monoisotopic (exact) mass is 261 g/mol. The number of nitrogens with one attached hydrogen (secondary N) is 1. The minimum Gasteiger partial charge on any atom is -0.311 e. The molecule has 1 aromatic carbocycles. The summed E-state index contributed by atoms with van der Waals surface area (Å²) in [6, 6.07) is 8.52. The second kappa shape index (κ2) is 4.90. The van der Waals surface area contributed by atoms with Gasteiger partial charge in [-0.2, -0.15) is 0 Å². The molecule has 0 radical (unpaired) electrons. The molecule has 2 aliphatic rings. The van der Waals surface area contributed by atoms with Crippen LogP contribution in [-0.4, -0.2) is 12.1 Å². The largest absolute Gasteiger partial charge is 0.311 e. The molecule has 104 valence electrons. The van der Waals surface area contributed by atoms with E-state index in [1.165, 1.54) is 19.3 Å². The van der Waals surface area contributed by atoms with Crippen LogP contribution in [0, 0.1) is 11.2 Å². The third kappa shape index (κ3) is 2.84. The average molecular weight is 261 g/mol. The summed E-state index contributed by atoms with van der Waals surface area (Å²) in [5, 5.41) is 3.77. The lowest BCUT2D eigenvalue weighted by Gasteiger charge is -2.38. The first kappa shape index (κ1) is 13.1. The maximum atomic E-state index is 13.7. The molecule has 2 fully saturated rings. The van der Waals surface area contributed by atoms with Gasteiger partial charge in [0.1, 0.15) is 5.82 Å². The zero-order valence-electron chi connectivity index (χ0n) is 12.0. The van der Waals surface area contributed by atoms with Crippen molar-refractivity contribution in [2.75, 3.05) is 0 Å². The van der Waals surface area contributed by atoms with Crippen LogP contribution in [0.25, 0.3) is 0 Å². The minimum atomic E-state index is -0.0343. The van der Waals surface area contributed by atoms with Crippen molar-refractivity contribution in [3.05, 3.63) is 35.6 Å². The van der Waals surface area contributed by atoms with Crippen LogP contribution in [0.4, 0.5) is 4.39 Å². The maximum Gasteiger partial charge on any atom is 0.126 e. The Hall–Kier alpha value is -0.890. The Bertz CT molecular complexity index is 448. The van der Waals surface area contributed by atoms with Crippen molar-refractivity contribution in [3.63, 3.8) is 0 Å². The van der Waals surface area contributed by atoms with E-state index in [0.29, 0.717) is 23.4 Å². The van der Waals surface area contributed by atoms with Gasteiger partial charge in [-0.1, -0.05) is 32.0 Å². The lowest BCUT2D eigenvalue weighted by molar-refractivity contribution is 0.253. The smallest absolute Gasteiger partial charge is 0.126 e. The van der Waals surface area contributed by atoms with Gasteiger partial charge in [0.25, 0.3) is 0 Å². The molecule has 1 nitrogen and oxygen atoms in total. The van der Waals surface area contributed by atoms with Crippen molar-refractivity contribution < 1.29 is 4.39 Å². The molecule has 1 atom stereocenters. The number of hydrogen-bond donors (Lipinski definition) is 1. The quantitative estimate of drug-likeness (QED) is 0.858. The number of halogens is 1. The molecule has 2 heteroatoms. The summed E-state index contributed by atoms with van der Waals surface area (Å²) in [4.78, 5) is 0. The summed E-state index contributed by atoms with van der Waals surface area (Å²) in [5.74, 6) is 0.390. The fraction of sp³-hybridized carbons (Fsp3) is 0.647. The van der Waals surface area contributed by atoms with Crippen molar-refractivity contribution in [3.8, 4) is 0 Å². The van der Waals surface area contributed by atoms with Crippen molar-refractivity contribution in [1.82, 2.24) is 5.32 Å². The van der Waals surface area contributed by atoms with E-state index >= 15 is 0 Å². The Kier molecular flexibility index (Phi) is 3.38. The van der Waals surface area contributed by atoms with E-state index in [9.17, 15) is 4.39 Å². The summed E-state index contributed by atoms with van der Waals surface area (Å²) in [6.45, 7) is 4.72. The van der Waals surface area contributed by atoms with E-state index in [-0.39, 0.29) is 5.82 Å². The van der Waals surface area contributed by atoms with Crippen molar-refractivity contribution in [1.29, 1.82) is 0 Å². The highest BCUT2D eigenvalue weighted by molar-refractivity contribution is 5.24. The SMILES string of the molecule is CC1(C)CCC(NC2CC(c3ccccc3F)C2)C1. The van der Waals surface area contributed by atoms with E-state index < -0.39 is 0 Å². The standard InChI is InChI=1S/C17H24FN/c1-17(2)8-7-13(11-17)19-14-9-12(10-14)15-5-3-4-6-16(15)18/h3-6,12-14,19H,7-11H2,1-2H3. The van der Waals surface area contributed by atoms with Crippen LogP contribution in [0.15, 0.2) is 24.3 Å². The topological polar surface area (TPSA) is 12.0 Å². The molecule has 3 rings (SSSR count). The fourth-order valence-electron chi connectivity index (χ4n) is 3.73. The second-order valence-electron chi connectivity index (χ2n) is 7.16. The number of rotatable bonds is 3. The van der Waals surface area contributed by atoms with Gasteiger partial charge in [0.05, 0.1) is 0 Å². The first-order valence-electron chi connectivity index (χ1n) is 7.54. The summed E-state index contributed by atoms with van der Waals surface area (Å²) in [7, 11) is 0. The average Bonchev–Trinajstić information content (AvgIpc) is 2.64. The predicted molar refractivity (Wildman–Crippen MR) is 76.7 cm³/mol. The molecular weight excluding hydrogens is 237 g/mol. The summed E-state index contributed by atoms with van der Waals surface area (Å²) in [6.07, 6.45) is 6.10. The molecule has 1 unspecified atom stereocenters. The van der Waals surface area contributed by atoms with Crippen LogP contribution < -0.4 is 5.32 Å². The maximum absolute atomic E-state index is 13.7. The van der Waals surface area contributed by atoms with Crippen LogP contribution in [0.2, 0.25) is 0 Å². The molecule has 0 spiro atoms. The van der Waals surface area contributed by atoms with Crippen LogP contribution >= 0.6 is 0 Å². The fourth-order valence-corrected chi connectivity index (χ4v) is 3.73. The highest BCUT2D eigenvalue weighted by Crippen LogP contribution is 2.41. The normalized spacial score (nSPS) is 33.1. The molecule has 1 N–H and O–H groups in total. The highest BCUT2D eigenvalue weighted by atomic mass is 19.1. The minimum absolute atomic E-state index is 0.0343. The van der Waals surface area contributed by atoms with Gasteiger partial charge in [-0.3, -0.25) is 0 Å². The lowest BCUT2D eigenvalue weighted by atomic mass is 9.75. The molecule has 19 heavy (non-hydrogen) atoms. The third-order valence-electron chi connectivity index (χ3n) is 4.92. The van der Waals surface area contributed by atoms with Gasteiger partial charge in [-0.05, 0) is 55.1 Å². The second-order valence-corrected chi connectivity index (χ2v) is 7.16. The Morgan fingerprint density at radius 3 is 2.53 bits per heavy atom. The molecule has 0 amide bonds. The van der Waals surface area contributed by atoms with Gasteiger partial charge < -0.3 is 5.32 Å². The first-order valence-corrected chi connectivity index (χ1v) is 7.54. The van der Waals surface area contributed by atoms with Crippen LogP contribution in [0.3, 0.4) is 0 Å². The molecule has 0 bridgehead atoms. The molecule has 0 heterocycles. The van der Waals surface area contributed by atoms with Crippen LogP contribution in [-0.2, 0) is 0 Å². The van der Waals surface area contributed by atoms with E-state index in [0.717, 1.165) is 18.4 Å². The van der Waals surface area contributed by atoms with Crippen molar-refractivity contribution >= 4 is 0 Å². The van der Waals surface area contributed by atoms with E-state index in [1.54, 1.807) is 12.1 Å². The van der Waals surface area contributed by atoms with Gasteiger partial charge >= 0.3 is 0 Å². The summed E-state index contributed by atoms with van der Waals surface area (Å²) >= 11 is 0. The molecule has 2 aliphatic carbocycles. The van der Waals surface area contributed by atoms with E-state index in [4.69, 9.17) is 0 Å². The van der Waals surface area contributed by atoms with Gasteiger partial charge in [0, 0.05) is 12.1 Å². The molecule has 0 saturated heterocycles. The van der Waals surface area contributed by atoms with Gasteiger partial charge in [-0.25, -0.2) is 4.39 Å². The molecular formula is C17H24FN. The van der Waals surface area contributed by atoms with E-state index in [2.05, 4.69) is 19.2 Å². The van der Waals surface area contributed by atoms with Gasteiger partial charge in [-0.15, -0.1) is 0 Å². The summed E-state index contributed by atoms with van der Waals surface area (Å²) < 4.78 is 13.7. The Labute approximate surface area is 115 Å². The van der Waals surface area contributed by atoms with Crippen LogP contribution in [0.5, 0.6) is 0 Å². The highest BCUT2D eigenvalue weighted by Gasteiger charge is 2.36. The van der Waals surface area contributed by atoms with Crippen molar-refractivity contribution in [2.24, 2.45) is 5.41 Å². The third-order valence-corrected chi connectivity index (χ3v) is 4.92. The molecule has 2 saturated carbocycles. The zero-order valence-corrected chi connectivity index (χ0v) is 12.0. The van der Waals surface area contributed by atoms with E-state index in [1.807, 2.05) is 12.1 Å². The Balaban J connectivity index is 1.50. The lowest BCUT2D eigenvalue weighted by Crippen LogP contribution is -2.45. The van der Waals surface area contributed by atoms with Crippen LogP contribution in [0.1, 0.15) is 57.4 Å². The molecule has 0 aliphatic heterocycles. The first-order chi connectivity index (χ1) is 9.03. The summed E-state index contributed by atoms with van der Waals surface area (Å²) in [5.41, 5.74) is 1.42. The number of benzene rings is 1. The Morgan fingerprint density at radius 1 is 1.16 bits per heavy atom. The molecule has 0 aromatic heterocycles.